The molecule has 18 heavy (non-hydrogen) atoms. The number of hydrogen-bond donors (Lipinski definition) is 1. The van der Waals surface area contributed by atoms with E-state index in [1.54, 1.807) is 6.08 Å². The average Bonchev–Trinajstić information content (AvgIpc) is 2.34. The summed E-state index contributed by atoms with van der Waals surface area (Å²) in [6.07, 6.45) is 1.58. The van der Waals surface area contributed by atoms with Crippen molar-refractivity contribution in [2.75, 3.05) is 7.05 Å². The number of likely N-dealkylation sites (N-methyl/N-ethyl adjacent to an activating group) is 1. The SMILES string of the molecule is CN1C(=O)/C(=C/c2ccccc2I)C(=O)NC1=S. The Bertz CT molecular complexity index is 583. The molecule has 1 aromatic rings. The first kappa shape index (κ1) is 13.2. The number of nitrogens with zero attached hydrogens (tertiary/aromatic N) is 1. The van der Waals surface area contributed by atoms with Crippen LogP contribution >= 0.6 is 34.8 Å². The van der Waals surface area contributed by atoms with Crippen molar-refractivity contribution in [3.05, 3.63) is 39.0 Å². The Balaban J connectivity index is 2.44. The third-order valence-corrected chi connectivity index (χ3v) is 3.87. The molecule has 1 aliphatic heterocycles. The van der Waals surface area contributed by atoms with Crippen molar-refractivity contribution in [2.45, 2.75) is 0 Å². The van der Waals surface area contributed by atoms with Gasteiger partial charge in [-0.1, -0.05) is 18.2 Å². The molecule has 1 heterocycles. The van der Waals surface area contributed by atoms with Gasteiger partial charge in [0.15, 0.2) is 5.11 Å². The van der Waals surface area contributed by atoms with Crippen LogP contribution in [0.5, 0.6) is 0 Å². The van der Waals surface area contributed by atoms with Crippen molar-refractivity contribution in [1.82, 2.24) is 10.2 Å². The van der Waals surface area contributed by atoms with Gasteiger partial charge in [-0.3, -0.25) is 19.8 Å². The van der Waals surface area contributed by atoms with Crippen molar-refractivity contribution < 1.29 is 9.59 Å². The second-order valence-corrected chi connectivity index (χ2v) is 5.25. The van der Waals surface area contributed by atoms with Gasteiger partial charge in [-0.2, -0.15) is 0 Å². The Morgan fingerprint density at radius 1 is 1.33 bits per heavy atom. The first-order valence-electron chi connectivity index (χ1n) is 5.10. The molecule has 4 nitrogen and oxygen atoms in total. The lowest BCUT2D eigenvalue weighted by Crippen LogP contribution is -2.52. The number of amides is 2. The van der Waals surface area contributed by atoms with Crippen LogP contribution in [-0.4, -0.2) is 28.9 Å². The zero-order chi connectivity index (χ0) is 13.3. The van der Waals surface area contributed by atoms with Gasteiger partial charge in [0.05, 0.1) is 0 Å². The monoisotopic (exact) mass is 372 g/mol. The number of rotatable bonds is 1. The number of hydrogen-bond acceptors (Lipinski definition) is 3. The summed E-state index contributed by atoms with van der Waals surface area (Å²) in [7, 11) is 1.54. The van der Waals surface area contributed by atoms with E-state index in [0.717, 1.165) is 9.13 Å². The van der Waals surface area contributed by atoms with E-state index in [-0.39, 0.29) is 16.6 Å². The van der Waals surface area contributed by atoms with E-state index in [1.807, 2.05) is 24.3 Å². The van der Waals surface area contributed by atoms with Gasteiger partial charge in [-0.15, -0.1) is 0 Å². The van der Waals surface area contributed by atoms with Crippen LogP contribution in [0.4, 0.5) is 0 Å². The highest BCUT2D eigenvalue weighted by Gasteiger charge is 2.30. The topological polar surface area (TPSA) is 49.4 Å². The van der Waals surface area contributed by atoms with E-state index in [4.69, 9.17) is 12.2 Å². The smallest absolute Gasteiger partial charge is 0.265 e. The molecule has 6 heteroatoms. The molecule has 1 fully saturated rings. The first-order chi connectivity index (χ1) is 8.50. The standard InChI is InChI=1S/C12H9IN2O2S/c1-15-11(17)8(10(16)14-12(15)18)6-7-4-2-3-5-9(7)13/h2-6H,1H3,(H,14,16,18)/b8-6+. The molecule has 0 unspecified atom stereocenters. The predicted molar refractivity (Wildman–Crippen MR) is 80.6 cm³/mol. The van der Waals surface area contributed by atoms with Crippen LogP contribution in [0.15, 0.2) is 29.8 Å². The predicted octanol–water partition coefficient (Wildman–Crippen LogP) is 1.55. The van der Waals surface area contributed by atoms with Gasteiger partial charge >= 0.3 is 0 Å². The molecule has 1 saturated heterocycles. The van der Waals surface area contributed by atoms with Gasteiger partial charge < -0.3 is 0 Å². The summed E-state index contributed by atoms with van der Waals surface area (Å²) in [6.45, 7) is 0. The molecule has 0 spiro atoms. The number of thiocarbonyl (C=S) groups is 1. The van der Waals surface area contributed by atoms with Crippen LogP contribution in [0.3, 0.4) is 0 Å². The number of nitrogens with one attached hydrogen (secondary N) is 1. The maximum Gasteiger partial charge on any atom is 0.265 e. The fourth-order valence-electron chi connectivity index (χ4n) is 1.49. The van der Waals surface area contributed by atoms with Gasteiger partial charge in [0.2, 0.25) is 0 Å². The Labute approximate surface area is 123 Å². The third-order valence-electron chi connectivity index (χ3n) is 2.51. The minimum absolute atomic E-state index is 0.0928. The Morgan fingerprint density at radius 3 is 2.67 bits per heavy atom. The Kier molecular flexibility index (Phi) is 3.76. The molecule has 0 radical (unpaired) electrons. The van der Waals surface area contributed by atoms with Gasteiger partial charge in [-0.25, -0.2) is 0 Å². The Morgan fingerprint density at radius 2 is 2.00 bits per heavy atom. The third kappa shape index (κ3) is 2.44. The average molecular weight is 372 g/mol. The minimum Gasteiger partial charge on any atom is -0.298 e. The molecule has 1 N–H and O–H groups in total. The molecule has 0 saturated carbocycles. The molecular formula is C12H9IN2O2S. The van der Waals surface area contributed by atoms with Crippen molar-refractivity contribution in [2.24, 2.45) is 0 Å². The second-order valence-electron chi connectivity index (χ2n) is 3.70. The van der Waals surface area contributed by atoms with Crippen LogP contribution in [0.2, 0.25) is 0 Å². The summed E-state index contributed by atoms with van der Waals surface area (Å²) in [5.41, 5.74) is 0.924. The first-order valence-corrected chi connectivity index (χ1v) is 6.59. The molecule has 2 rings (SSSR count). The number of carbonyl (C=O) groups is 2. The van der Waals surface area contributed by atoms with E-state index in [2.05, 4.69) is 27.9 Å². The van der Waals surface area contributed by atoms with Crippen LogP contribution in [0, 0.1) is 3.57 Å². The van der Waals surface area contributed by atoms with Crippen LogP contribution in [-0.2, 0) is 9.59 Å². The molecule has 1 aromatic carbocycles. The summed E-state index contributed by atoms with van der Waals surface area (Å²) in [4.78, 5) is 25.0. The molecule has 0 aliphatic carbocycles. The van der Waals surface area contributed by atoms with E-state index in [1.165, 1.54) is 11.9 Å². The highest BCUT2D eigenvalue weighted by Crippen LogP contribution is 2.17. The molecule has 1 aliphatic rings. The second kappa shape index (κ2) is 5.15. The summed E-state index contributed by atoms with van der Waals surface area (Å²) in [5, 5.41) is 2.61. The van der Waals surface area contributed by atoms with E-state index >= 15 is 0 Å². The van der Waals surface area contributed by atoms with E-state index in [9.17, 15) is 9.59 Å². The molecular weight excluding hydrogens is 363 g/mol. The quantitative estimate of drug-likeness (QED) is 0.352. The normalized spacial score (nSPS) is 18.2. The lowest BCUT2D eigenvalue weighted by atomic mass is 10.1. The highest BCUT2D eigenvalue weighted by molar-refractivity contribution is 14.1. The highest BCUT2D eigenvalue weighted by atomic mass is 127. The summed E-state index contributed by atoms with van der Waals surface area (Å²) < 4.78 is 0.971. The largest absolute Gasteiger partial charge is 0.298 e. The fraction of sp³-hybridized carbons (Fsp3) is 0.0833. The van der Waals surface area contributed by atoms with Crippen LogP contribution in [0.25, 0.3) is 6.08 Å². The van der Waals surface area contributed by atoms with Gasteiger partial charge in [-0.05, 0) is 52.5 Å². The van der Waals surface area contributed by atoms with Crippen molar-refractivity contribution >= 4 is 57.8 Å². The minimum atomic E-state index is -0.456. The lowest BCUT2D eigenvalue weighted by molar-refractivity contribution is -0.128. The maximum absolute atomic E-state index is 12.0. The van der Waals surface area contributed by atoms with Gasteiger partial charge in [0.25, 0.3) is 11.8 Å². The Hall–Kier alpha value is -1.28. The summed E-state index contributed by atoms with van der Waals surface area (Å²) in [5.74, 6) is -0.842. The van der Waals surface area contributed by atoms with E-state index in [0.29, 0.717) is 0 Å². The summed E-state index contributed by atoms with van der Waals surface area (Å²) in [6, 6.07) is 7.51. The maximum atomic E-state index is 12.0. The summed E-state index contributed by atoms with van der Waals surface area (Å²) >= 11 is 7.02. The number of benzene rings is 1. The lowest BCUT2D eigenvalue weighted by Gasteiger charge is -2.25. The van der Waals surface area contributed by atoms with Crippen LogP contribution < -0.4 is 5.32 Å². The zero-order valence-electron chi connectivity index (χ0n) is 9.44. The number of carbonyl (C=O) groups excluding carboxylic acids is 2. The van der Waals surface area contributed by atoms with Crippen molar-refractivity contribution in [3.63, 3.8) is 0 Å². The number of halogens is 1. The van der Waals surface area contributed by atoms with Crippen molar-refractivity contribution in [1.29, 1.82) is 0 Å². The van der Waals surface area contributed by atoms with Crippen LogP contribution in [0.1, 0.15) is 5.56 Å². The van der Waals surface area contributed by atoms with Crippen molar-refractivity contribution in [3.8, 4) is 0 Å². The zero-order valence-corrected chi connectivity index (χ0v) is 12.4. The molecule has 0 atom stereocenters. The van der Waals surface area contributed by atoms with Gasteiger partial charge in [0, 0.05) is 10.6 Å². The molecule has 92 valence electrons. The van der Waals surface area contributed by atoms with Gasteiger partial charge in [0.1, 0.15) is 5.57 Å². The molecule has 0 bridgehead atoms. The van der Waals surface area contributed by atoms with E-state index < -0.39 is 5.91 Å². The molecule has 2 amide bonds. The fourth-order valence-corrected chi connectivity index (χ4v) is 2.21. The molecule has 0 aromatic heterocycles.